The van der Waals surface area contributed by atoms with Crippen molar-refractivity contribution < 1.29 is 9.47 Å². The van der Waals surface area contributed by atoms with Crippen LogP contribution in [0.3, 0.4) is 0 Å². The molecule has 21 heavy (non-hydrogen) atoms. The smallest absolute Gasteiger partial charge is 0.0685 e. The van der Waals surface area contributed by atoms with E-state index in [-0.39, 0.29) is 5.60 Å². The monoisotopic (exact) mass is 297 g/mol. The van der Waals surface area contributed by atoms with Gasteiger partial charge in [-0.1, -0.05) is 26.7 Å². The van der Waals surface area contributed by atoms with Crippen LogP contribution in [0.1, 0.15) is 71.6 Å². The molecule has 0 radical (unpaired) electrons. The summed E-state index contributed by atoms with van der Waals surface area (Å²) in [6, 6.07) is 0.614. The van der Waals surface area contributed by atoms with Crippen molar-refractivity contribution in [3.8, 4) is 0 Å². The quantitative estimate of drug-likeness (QED) is 0.655. The Morgan fingerprint density at radius 1 is 1.19 bits per heavy atom. The molecule has 2 atom stereocenters. The SMILES string of the molecule is CCCNC(CCOCCC)C1CCOC2(CCCC2)C1. The van der Waals surface area contributed by atoms with Crippen molar-refractivity contribution in [2.24, 2.45) is 5.92 Å². The molecule has 1 spiro atoms. The third-order valence-corrected chi connectivity index (χ3v) is 5.19. The highest BCUT2D eigenvalue weighted by Gasteiger charge is 2.41. The molecule has 2 fully saturated rings. The third kappa shape index (κ3) is 5.22. The molecule has 3 heteroatoms. The average molecular weight is 297 g/mol. The second kappa shape index (κ2) is 9.12. The molecular formula is C18H35NO2. The lowest BCUT2D eigenvalue weighted by molar-refractivity contribution is -0.0991. The summed E-state index contributed by atoms with van der Waals surface area (Å²) < 4.78 is 11.9. The minimum atomic E-state index is 0.235. The van der Waals surface area contributed by atoms with Crippen molar-refractivity contribution in [3.05, 3.63) is 0 Å². The topological polar surface area (TPSA) is 30.5 Å². The maximum atomic E-state index is 6.20. The zero-order valence-electron chi connectivity index (χ0n) is 14.2. The molecule has 1 N–H and O–H groups in total. The van der Waals surface area contributed by atoms with Crippen LogP contribution in [-0.2, 0) is 9.47 Å². The predicted octanol–water partition coefficient (Wildman–Crippen LogP) is 3.91. The number of ether oxygens (including phenoxy) is 2. The van der Waals surface area contributed by atoms with Gasteiger partial charge in [-0.15, -0.1) is 0 Å². The van der Waals surface area contributed by atoms with E-state index < -0.39 is 0 Å². The van der Waals surface area contributed by atoms with Crippen molar-refractivity contribution in [1.29, 1.82) is 0 Å². The summed E-state index contributed by atoms with van der Waals surface area (Å²) in [5.74, 6) is 0.772. The Hall–Kier alpha value is -0.120. The van der Waals surface area contributed by atoms with Crippen LogP contribution in [0.5, 0.6) is 0 Å². The molecule has 0 aromatic heterocycles. The van der Waals surface area contributed by atoms with Crippen molar-refractivity contribution in [1.82, 2.24) is 5.32 Å². The second-order valence-corrected chi connectivity index (χ2v) is 6.95. The summed E-state index contributed by atoms with van der Waals surface area (Å²) in [5, 5.41) is 3.79. The van der Waals surface area contributed by atoms with Gasteiger partial charge in [0.1, 0.15) is 0 Å². The van der Waals surface area contributed by atoms with Crippen LogP contribution in [-0.4, -0.2) is 38.0 Å². The highest BCUT2D eigenvalue weighted by molar-refractivity contribution is 4.94. The third-order valence-electron chi connectivity index (χ3n) is 5.19. The van der Waals surface area contributed by atoms with Gasteiger partial charge in [-0.05, 0) is 57.4 Å². The Morgan fingerprint density at radius 3 is 2.71 bits per heavy atom. The van der Waals surface area contributed by atoms with Gasteiger partial charge in [-0.25, -0.2) is 0 Å². The van der Waals surface area contributed by atoms with Gasteiger partial charge in [-0.2, -0.15) is 0 Å². The first-order valence-corrected chi connectivity index (χ1v) is 9.25. The zero-order valence-corrected chi connectivity index (χ0v) is 14.2. The number of hydrogen-bond donors (Lipinski definition) is 1. The summed E-state index contributed by atoms with van der Waals surface area (Å²) in [6.07, 6.45) is 11.3. The van der Waals surface area contributed by atoms with E-state index in [1.807, 2.05) is 0 Å². The van der Waals surface area contributed by atoms with E-state index >= 15 is 0 Å². The Labute approximate surface area is 131 Å². The summed E-state index contributed by atoms with van der Waals surface area (Å²) in [7, 11) is 0. The van der Waals surface area contributed by atoms with Crippen molar-refractivity contribution in [3.63, 3.8) is 0 Å². The van der Waals surface area contributed by atoms with Crippen LogP contribution < -0.4 is 5.32 Å². The number of hydrogen-bond acceptors (Lipinski definition) is 3. The van der Waals surface area contributed by atoms with Gasteiger partial charge in [0.2, 0.25) is 0 Å². The second-order valence-electron chi connectivity index (χ2n) is 6.95. The Bertz CT molecular complexity index is 276. The molecule has 2 aliphatic rings. The van der Waals surface area contributed by atoms with Gasteiger partial charge in [-0.3, -0.25) is 0 Å². The standard InChI is InChI=1S/C18H35NO2/c1-3-11-19-17(8-13-20-12-4-2)16-7-14-21-18(15-16)9-5-6-10-18/h16-17,19H,3-15H2,1-2H3. The van der Waals surface area contributed by atoms with Gasteiger partial charge in [0.05, 0.1) is 5.60 Å². The van der Waals surface area contributed by atoms with Crippen LogP contribution in [0.25, 0.3) is 0 Å². The van der Waals surface area contributed by atoms with E-state index in [1.165, 1.54) is 44.9 Å². The molecule has 0 bridgehead atoms. The largest absolute Gasteiger partial charge is 0.381 e. The minimum absolute atomic E-state index is 0.235. The van der Waals surface area contributed by atoms with Gasteiger partial charge < -0.3 is 14.8 Å². The normalized spacial score (nSPS) is 26.3. The van der Waals surface area contributed by atoms with E-state index in [9.17, 15) is 0 Å². The zero-order chi connectivity index (χ0) is 15.0. The van der Waals surface area contributed by atoms with Gasteiger partial charge in [0.25, 0.3) is 0 Å². The average Bonchev–Trinajstić information content (AvgIpc) is 2.94. The minimum Gasteiger partial charge on any atom is -0.381 e. The molecule has 1 heterocycles. The Kier molecular flexibility index (Phi) is 7.48. The fraction of sp³-hybridized carbons (Fsp3) is 1.00. The van der Waals surface area contributed by atoms with E-state index in [2.05, 4.69) is 19.2 Å². The maximum Gasteiger partial charge on any atom is 0.0685 e. The van der Waals surface area contributed by atoms with Gasteiger partial charge >= 0.3 is 0 Å². The van der Waals surface area contributed by atoms with Crippen molar-refractivity contribution in [2.45, 2.75) is 83.3 Å². The molecule has 124 valence electrons. The fourth-order valence-electron chi connectivity index (χ4n) is 4.07. The van der Waals surface area contributed by atoms with E-state index in [1.54, 1.807) is 0 Å². The molecule has 1 aliphatic carbocycles. The summed E-state index contributed by atoms with van der Waals surface area (Å²) in [4.78, 5) is 0. The van der Waals surface area contributed by atoms with E-state index in [0.29, 0.717) is 6.04 Å². The predicted molar refractivity (Wildman–Crippen MR) is 87.7 cm³/mol. The fourth-order valence-corrected chi connectivity index (χ4v) is 4.07. The molecular weight excluding hydrogens is 262 g/mol. The molecule has 0 aromatic rings. The van der Waals surface area contributed by atoms with Crippen LogP contribution >= 0.6 is 0 Å². The van der Waals surface area contributed by atoms with E-state index in [4.69, 9.17) is 9.47 Å². The molecule has 1 aliphatic heterocycles. The Balaban J connectivity index is 1.85. The summed E-state index contributed by atoms with van der Waals surface area (Å²) in [5.41, 5.74) is 0.235. The summed E-state index contributed by atoms with van der Waals surface area (Å²) >= 11 is 0. The molecule has 0 amide bonds. The van der Waals surface area contributed by atoms with E-state index in [0.717, 1.165) is 45.1 Å². The van der Waals surface area contributed by atoms with Crippen LogP contribution in [0.2, 0.25) is 0 Å². The highest BCUT2D eigenvalue weighted by atomic mass is 16.5. The first-order valence-electron chi connectivity index (χ1n) is 9.25. The first-order chi connectivity index (χ1) is 10.3. The first kappa shape index (κ1) is 17.2. The lowest BCUT2D eigenvalue weighted by atomic mass is 9.79. The molecule has 0 aromatic carbocycles. The van der Waals surface area contributed by atoms with Crippen LogP contribution in [0.15, 0.2) is 0 Å². The van der Waals surface area contributed by atoms with Crippen LogP contribution in [0.4, 0.5) is 0 Å². The van der Waals surface area contributed by atoms with Crippen LogP contribution in [0, 0.1) is 5.92 Å². The molecule has 1 saturated carbocycles. The summed E-state index contributed by atoms with van der Waals surface area (Å²) in [6.45, 7) is 8.32. The maximum absolute atomic E-state index is 6.20. The van der Waals surface area contributed by atoms with Crippen molar-refractivity contribution >= 4 is 0 Å². The Morgan fingerprint density at radius 2 is 2.00 bits per heavy atom. The molecule has 1 saturated heterocycles. The molecule has 2 rings (SSSR count). The number of nitrogens with one attached hydrogen (secondary N) is 1. The highest BCUT2D eigenvalue weighted by Crippen LogP contribution is 2.43. The molecule has 3 nitrogen and oxygen atoms in total. The van der Waals surface area contributed by atoms with Gasteiger partial charge in [0.15, 0.2) is 0 Å². The number of rotatable bonds is 9. The van der Waals surface area contributed by atoms with Crippen molar-refractivity contribution in [2.75, 3.05) is 26.4 Å². The lowest BCUT2D eigenvalue weighted by Crippen LogP contribution is -2.46. The van der Waals surface area contributed by atoms with Gasteiger partial charge in [0, 0.05) is 25.9 Å². The molecule has 2 unspecified atom stereocenters. The lowest BCUT2D eigenvalue weighted by Gasteiger charge is -2.41.